The summed E-state index contributed by atoms with van der Waals surface area (Å²) < 4.78 is 5.56. The van der Waals surface area contributed by atoms with Gasteiger partial charge in [-0.15, -0.1) is 35.3 Å². The van der Waals surface area contributed by atoms with Crippen molar-refractivity contribution in [1.29, 1.82) is 0 Å². The Hall–Kier alpha value is -1.10. The Bertz CT molecular complexity index is 815. The van der Waals surface area contributed by atoms with Gasteiger partial charge in [-0.05, 0) is 57.2 Å². The third-order valence-electron chi connectivity index (χ3n) is 5.12. The lowest BCUT2D eigenvalue weighted by Crippen LogP contribution is -2.43. The van der Waals surface area contributed by atoms with E-state index in [-0.39, 0.29) is 30.5 Å². The van der Waals surface area contributed by atoms with Crippen LogP contribution < -0.4 is 10.6 Å². The van der Waals surface area contributed by atoms with Gasteiger partial charge in [0.2, 0.25) is 0 Å². The first kappa shape index (κ1) is 24.2. The maximum Gasteiger partial charge on any atom is 0.191 e. The predicted molar refractivity (Wildman–Crippen MR) is 130 cm³/mol. The number of halogens is 1. The van der Waals surface area contributed by atoms with E-state index in [1.54, 1.807) is 6.92 Å². The Morgan fingerprint density at radius 1 is 1.38 bits per heavy atom. The number of hydrogen-bond acceptors (Lipinski definition) is 5. The lowest BCUT2D eigenvalue weighted by Gasteiger charge is -2.27. The van der Waals surface area contributed by atoms with E-state index >= 15 is 0 Å². The number of aliphatic hydroxyl groups is 1. The molecule has 1 unspecified atom stereocenters. The molecule has 0 radical (unpaired) electrons. The Morgan fingerprint density at radius 2 is 2.17 bits per heavy atom. The van der Waals surface area contributed by atoms with E-state index in [0.29, 0.717) is 0 Å². The highest BCUT2D eigenvalue weighted by atomic mass is 127. The number of aryl methyl sites for hydroxylation is 2. The van der Waals surface area contributed by atoms with E-state index in [1.165, 1.54) is 10.4 Å². The lowest BCUT2D eigenvalue weighted by atomic mass is 9.96. The van der Waals surface area contributed by atoms with Crippen molar-refractivity contribution in [1.82, 2.24) is 15.5 Å². The molecule has 3 N–H and O–H groups in total. The fourth-order valence-corrected chi connectivity index (χ4v) is 4.55. The van der Waals surface area contributed by atoms with Crippen LogP contribution in [0.3, 0.4) is 0 Å². The Morgan fingerprint density at radius 3 is 2.86 bits per heavy atom. The highest BCUT2D eigenvalue weighted by molar-refractivity contribution is 14.0. The number of guanidine groups is 1. The largest absolute Gasteiger partial charge is 0.466 e. The normalized spacial score (nSPS) is 16.7. The zero-order valence-corrected chi connectivity index (χ0v) is 20.9. The van der Waals surface area contributed by atoms with E-state index < -0.39 is 5.60 Å². The van der Waals surface area contributed by atoms with Crippen molar-refractivity contribution < 1.29 is 9.52 Å². The van der Waals surface area contributed by atoms with Crippen LogP contribution in [0.4, 0.5) is 0 Å². The molecule has 0 spiro atoms. The molecule has 0 saturated heterocycles. The minimum absolute atomic E-state index is 0. The average molecular weight is 532 g/mol. The SMILES string of the molecule is CCNC(=NCC(C)(O)c1cc(C)oc1C)NCCN1CCc2sccc2C1.I. The van der Waals surface area contributed by atoms with Crippen LogP contribution in [0.15, 0.2) is 26.9 Å². The standard InChI is InChI=1S/C21H32N4O2S.HI/c1-5-22-20(24-14-21(4,26)18-12-15(2)27-16(18)3)23-8-10-25-9-6-19-17(13-25)7-11-28-19;/h7,11-12,26H,5-6,8-10,13-14H2,1-4H3,(H2,22,23,24);1H. The minimum atomic E-state index is -1.06. The third-order valence-corrected chi connectivity index (χ3v) is 6.14. The monoisotopic (exact) mass is 532 g/mol. The molecular formula is C21H33IN4O2S. The third kappa shape index (κ3) is 6.44. The van der Waals surface area contributed by atoms with E-state index in [1.807, 2.05) is 38.2 Å². The van der Waals surface area contributed by atoms with Gasteiger partial charge in [0.05, 0.1) is 6.54 Å². The Labute approximate surface area is 194 Å². The molecule has 1 atom stereocenters. The molecule has 2 aromatic rings. The summed E-state index contributed by atoms with van der Waals surface area (Å²) in [5.74, 6) is 2.28. The van der Waals surface area contributed by atoms with Gasteiger partial charge >= 0.3 is 0 Å². The molecule has 0 saturated carbocycles. The minimum Gasteiger partial charge on any atom is -0.466 e. The van der Waals surface area contributed by atoms with E-state index in [0.717, 1.165) is 62.2 Å². The summed E-state index contributed by atoms with van der Waals surface area (Å²) in [5, 5.41) is 19.7. The van der Waals surface area contributed by atoms with Gasteiger partial charge in [-0.1, -0.05) is 0 Å². The highest BCUT2D eigenvalue weighted by Crippen LogP contribution is 2.27. The first-order valence-corrected chi connectivity index (χ1v) is 10.9. The molecule has 8 heteroatoms. The van der Waals surface area contributed by atoms with Crippen LogP contribution in [0, 0.1) is 13.8 Å². The number of nitrogens with one attached hydrogen (secondary N) is 2. The maximum atomic E-state index is 10.9. The van der Waals surface area contributed by atoms with Crippen molar-refractivity contribution in [2.24, 2.45) is 4.99 Å². The summed E-state index contributed by atoms with van der Waals surface area (Å²) in [6.45, 7) is 12.6. The van der Waals surface area contributed by atoms with E-state index in [2.05, 4.69) is 32.0 Å². The molecule has 6 nitrogen and oxygen atoms in total. The molecule has 3 rings (SSSR count). The average Bonchev–Trinajstić information content (AvgIpc) is 3.25. The van der Waals surface area contributed by atoms with Gasteiger partial charge in [0.1, 0.15) is 17.1 Å². The molecule has 0 amide bonds. The van der Waals surface area contributed by atoms with Crippen molar-refractivity contribution in [3.63, 3.8) is 0 Å². The van der Waals surface area contributed by atoms with Crippen LogP contribution >= 0.6 is 35.3 Å². The summed E-state index contributed by atoms with van der Waals surface area (Å²) in [4.78, 5) is 8.61. The molecule has 3 heterocycles. The lowest BCUT2D eigenvalue weighted by molar-refractivity contribution is 0.0657. The second-order valence-corrected chi connectivity index (χ2v) is 8.62. The number of nitrogens with zero attached hydrogens (tertiary/aromatic N) is 2. The van der Waals surface area contributed by atoms with Gasteiger partial charge in [-0.2, -0.15) is 0 Å². The van der Waals surface area contributed by atoms with Crippen molar-refractivity contribution in [3.05, 3.63) is 45.0 Å². The highest BCUT2D eigenvalue weighted by Gasteiger charge is 2.27. The molecule has 2 aromatic heterocycles. The van der Waals surface area contributed by atoms with Crippen molar-refractivity contribution >= 4 is 41.3 Å². The second kappa shape index (κ2) is 10.8. The van der Waals surface area contributed by atoms with Gasteiger partial charge in [0, 0.05) is 43.2 Å². The summed E-state index contributed by atoms with van der Waals surface area (Å²) in [6.07, 6.45) is 1.15. The van der Waals surface area contributed by atoms with Crippen molar-refractivity contribution in [2.45, 2.75) is 46.3 Å². The fourth-order valence-electron chi connectivity index (χ4n) is 3.66. The van der Waals surface area contributed by atoms with Gasteiger partial charge in [-0.3, -0.25) is 4.90 Å². The van der Waals surface area contributed by atoms with Gasteiger partial charge < -0.3 is 20.2 Å². The van der Waals surface area contributed by atoms with Gasteiger partial charge in [0.15, 0.2) is 5.96 Å². The second-order valence-electron chi connectivity index (χ2n) is 7.62. The number of hydrogen-bond donors (Lipinski definition) is 3. The first-order valence-electron chi connectivity index (χ1n) is 9.98. The Balaban J connectivity index is 0.00000300. The zero-order chi connectivity index (χ0) is 20.1. The van der Waals surface area contributed by atoms with Crippen LogP contribution in [0.25, 0.3) is 0 Å². The molecule has 1 aliphatic rings. The molecule has 29 heavy (non-hydrogen) atoms. The van der Waals surface area contributed by atoms with E-state index in [4.69, 9.17) is 4.42 Å². The smallest absolute Gasteiger partial charge is 0.191 e. The summed E-state index contributed by atoms with van der Waals surface area (Å²) >= 11 is 1.87. The van der Waals surface area contributed by atoms with Crippen LogP contribution in [0.5, 0.6) is 0 Å². The van der Waals surface area contributed by atoms with Crippen molar-refractivity contribution in [3.8, 4) is 0 Å². The molecule has 1 aliphatic heterocycles. The zero-order valence-electron chi connectivity index (χ0n) is 17.7. The molecule has 0 aliphatic carbocycles. The fraction of sp³-hybridized carbons (Fsp3) is 0.571. The van der Waals surface area contributed by atoms with Crippen LogP contribution in [0.2, 0.25) is 0 Å². The summed E-state index contributed by atoms with van der Waals surface area (Å²) in [7, 11) is 0. The van der Waals surface area contributed by atoms with Crippen molar-refractivity contribution in [2.75, 3.05) is 32.7 Å². The molecular weight excluding hydrogens is 499 g/mol. The molecule has 0 bridgehead atoms. The van der Waals surface area contributed by atoms with Crippen LogP contribution in [-0.4, -0.2) is 48.7 Å². The number of aliphatic imine (C=N–C) groups is 1. The van der Waals surface area contributed by atoms with Crippen LogP contribution in [0.1, 0.15) is 41.4 Å². The number of fused-ring (bicyclic) bond motifs is 1. The first-order chi connectivity index (χ1) is 13.4. The topological polar surface area (TPSA) is 73.0 Å². The Kier molecular flexibility index (Phi) is 8.99. The molecule has 0 fully saturated rings. The summed E-state index contributed by atoms with van der Waals surface area (Å²) in [5.41, 5.74) is 1.20. The quantitative estimate of drug-likeness (QED) is 0.290. The molecule has 162 valence electrons. The number of rotatable bonds is 7. The number of furan rings is 1. The van der Waals surface area contributed by atoms with Gasteiger partial charge in [-0.25, -0.2) is 4.99 Å². The number of thiophene rings is 1. The van der Waals surface area contributed by atoms with E-state index in [9.17, 15) is 5.11 Å². The van der Waals surface area contributed by atoms with Crippen LogP contribution in [-0.2, 0) is 18.6 Å². The predicted octanol–water partition coefficient (Wildman–Crippen LogP) is 3.40. The molecule has 0 aromatic carbocycles. The van der Waals surface area contributed by atoms with Gasteiger partial charge in [0.25, 0.3) is 0 Å². The maximum absolute atomic E-state index is 10.9. The summed E-state index contributed by atoms with van der Waals surface area (Å²) in [6, 6.07) is 4.13.